The summed E-state index contributed by atoms with van der Waals surface area (Å²) in [5.74, 6) is 0. The summed E-state index contributed by atoms with van der Waals surface area (Å²) in [6.45, 7) is 1.97. The Morgan fingerprint density at radius 1 is 1.23 bits per heavy atom. The van der Waals surface area contributed by atoms with Gasteiger partial charge in [0.1, 0.15) is 12.9 Å². The summed E-state index contributed by atoms with van der Waals surface area (Å²) in [4.78, 5) is 37.1. The number of aromatic nitrogens is 3. The average molecular weight is 295 g/mol. The van der Waals surface area contributed by atoms with E-state index in [9.17, 15) is 9.59 Å². The van der Waals surface area contributed by atoms with Gasteiger partial charge >= 0.3 is 0 Å². The standard InChI is InChI=1S/C16H13N3O3/c1-11-15-13(8-20)7-14(21)19(16(15)18-10-17-11)22-9-12-5-3-2-4-6-12/h2-8,10H,9H2,1H3. The third-order valence-corrected chi connectivity index (χ3v) is 3.31. The zero-order chi connectivity index (χ0) is 15.5. The molecule has 0 saturated heterocycles. The van der Waals surface area contributed by atoms with E-state index < -0.39 is 5.56 Å². The summed E-state index contributed by atoms with van der Waals surface area (Å²) < 4.78 is 1.10. The number of benzene rings is 1. The Balaban J connectivity index is 2.10. The van der Waals surface area contributed by atoms with E-state index in [1.54, 1.807) is 6.92 Å². The van der Waals surface area contributed by atoms with Crippen LogP contribution in [0.1, 0.15) is 21.6 Å². The van der Waals surface area contributed by atoms with Crippen molar-refractivity contribution in [2.45, 2.75) is 13.5 Å². The molecular formula is C16H13N3O3. The number of nitrogens with zero attached hydrogens (tertiary/aromatic N) is 3. The maximum absolute atomic E-state index is 12.2. The van der Waals surface area contributed by atoms with Crippen LogP contribution >= 0.6 is 0 Å². The molecule has 22 heavy (non-hydrogen) atoms. The molecule has 1 aromatic carbocycles. The summed E-state index contributed by atoms with van der Waals surface area (Å²) in [7, 11) is 0. The van der Waals surface area contributed by atoms with Crippen LogP contribution in [0.2, 0.25) is 0 Å². The van der Waals surface area contributed by atoms with Gasteiger partial charge in [0.25, 0.3) is 5.56 Å². The van der Waals surface area contributed by atoms with Crippen molar-refractivity contribution < 1.29 is 9.63 Å². The minimum atomic E-state index is -0.441. The molecule has 110 valence electrons. The average Bonchev–Trinajstić information content (AvgIpc) is 2.54. The van der Waals surface area contributed by atoms with Crippen molar-refractivity contribution >= 4 is 17.3 Å². The first kappa shape index (κ1) is 13.9. The van der Waals surface area contributed by atoms with Crippen molar-refractivity contribution in [2.24, 2.45) is 0 Å². The number of aryl methyl sites for hydroxylation is 1. The molecule has 0 amide bonds. The number of rotatable bonds is 4. The Bertz CT molecular complexity index is 888. The molecule has 0 fully saturated rings. The van der Waals surface area contributed by atoms with Gasteiger partial charge in [0.15, 0.2) is 11.9 Å². The van der Waals surface area contributed by atoms with Gasteiger partial charge in [0, 0.05) is 11.6 Å². The molecule has 3 rings (SSSR count). The highest BCUT2D eigenvalue weighted by atomic mass is 16.7. The van der Waals surface area contributed by atoms with Gasteiger partial charge in [0.05, 0.1) is 11.1 Å². The minimum absolute atomic E-state index is 0.222. The molecule has 0 aliphatic rings. The second kappa shape index (κ2) is 5.77. The SMILES string of the molecule is Cc1ncnc2c1c(C=O)cc(=O)n2OCc1ccccc1. The zero-order valence-electron chi connectivity index (χ0n) is 11.9. The van der Waals surface area contributed by atoms with Gasteiger partial charge in [-0.3, -0.25) is 9.59 Å². The fourth-order valence-electron chi connectivity index (χ4n) is 2.25. The fraction of sp³-hybridized carbons (Fsp3) is 0.125. The van der Waals surface area contributed by atoms with Crippen LogP contribution in [-0.4, -0.2) is 21.0 Å². The quantitative estimate of drug-likeness (QED) is 0.683. The molecule has 0 bridgehead atoms. The number of carbonyl (C=O) groups is 1. The van der Waals surface area contributed by atoms with Crippen LogP contribution < -0.4 is 10.4 Å². The summed E-state index contributed by atoms with van der Waals surface area (Å²) in [6.07, 6.45) is 1.97. The molecule has 0 aliphatic heterocycles. The van der Waals surface area contributed by atoms with Crippen LogP contribution in [0.3, 0.4) is 0 Å². The lowest BCUT2D eigenvalue weighted by Gasteiger charge is -2.12. The molecule has 0 saturated carbocycles. The Morgan fingerprint density at radius 2 is 2.00 bits per heavy atom. The van der Waals surface area contributed by atoms with Crippen molar-refractivity contribution in [1.29, 1.82) is 0 Å². The Kier molecular flexibility index (Phi) is 3.65. The van der Waals surface area contributed by atoms with Gasteiger partial charge in [-0.05, 0) is 12.5 Å². The molecule has 3 aromatic rings. The highest BCUT2D eigenvalue weighted by molar-refractivity contribution is 5.95. The van der Waals surface area contributed by atoms with Crippen molar-refractivity contribution in [3.8, 4) is 0 Å². The molecule has 0 aliphatic carbocycles. The topological polar surface area (TPSA) is 74.1 Å². The predicted molar refractivity (Wildman–Crippen MR) is 80.6 cm³/mol. The second-order valence-electron chi connectivity index (χ2n) is 4.77. The third kappa shape index (κ3) is 2.46. The van der Waals surface area contributed by atoms with Crippen molar-refractivity contribution in [3.63, 3.8) is 0 Å². The lowest BCUT2D eigenvalue weighted by atomic mass is 10.1. The first-order valence-electron chi connectivity index (χ1n) is 6.70. The van der Waals surface area contributed by atoms with Crippen LogP contribution in [0.5, 0.6) is 0 Å². The number of fused-ring (bicyclic) bond motifs is 1. The first-order chi connectivity index (χ1) is 10.7. The van der Waals surface area contributed by atoms with Crippen LogP contribution in [0.4, 0.5) is 0 Å². The Hall–Kier alpha value is -3.02. The van der Waals surface area contributed by atoms with Crippen LogP contribution in [-0.2, 0) is 6.61 Å². The van der Waals surface area contributed by atoms with Gasteiger partial charge in [-0.2, -0.15) is 0 Å². The van der Waals surface area contributed by atoms with Crippen molar-refractivity contribution in [2.75, 3.05) is 0 Å². The van der Waals surface area contributed by atoms with Gasteiger partial charge in [-0.25, -0.2) is 9.97 Å². The number of pyridine rings is 1. The molecule has 0 spiro atoms. The van der Waals surface area contributed by atoms with E-state index in [4.69, 9.17) is 4.84 Å². The molecule has 0 radical (unpaired) electrons. The molecule has 6 heteroatoms. The summed E-state index contributed by atoms with van der Waals surface area (Å²) in [5, 5.41) is 0.519. The van der Waals surface area contributed by atoms with E-state index in [-0.39, 0.29) is 17.8 Å². The number of hydrogen-bond acceptors (Lipinski definition) is 5. The molecule has 2 heterocycles. The summed E-state index contributed by atoms with van der Waals surface area (Å²) >= 11 is 0. The maximum Gasteiger partial charge on any atom is 0.285 e. The monoisotopic (exact) mass is 295 g/mol. The molecule has 6 nitrogen and oxygen atoms in total. The smallest absolute Gasteiger partial charge is 0.285 e. The zero-order valence-corrected chi connectivity index (χ0v) is 11.9. The summed E-state index contributed by atoms with van der Waals surface area (Å²) in [6, 6.07) is 10.7. The van der Waals surface area contributed by atoms with Crippen LogP contribution in [0.25, 0.3) is 11.0 Å². The third-order valence-electron chi connectivity index (χ3n) is 3.31. The lowest BCUT2D eigenvalue weighted by Crippen LogP contribution is -2.28. The van der Waals surface area contributed by atoms with E-state index >= 15 is 0 Å². The highest BCUT2D eigenvalue weighted by Crippen LogP contribution is 2.15. The van der Waals surface area contributed by atoms with E-state index in [1.807, 2.05) is 30.3 Å². The van der Waals surface area contributed by atoms with Gasteiger partial charge in [0.2, 0.25) is 0 Å². The van der Waals surface area contributed by atoms with E-state index in [2.05, 4.69) is 9.97 Å². The molecule has 0 unspecified atom stereocenters. The van der Waals surface area contributed by atoms with E-state index in [0.29, 0.717) is 17.4 Å². The molecule has 0 N–H and O–H groups in total. The maximum atomic E-state index is 12.2. The largest absolute Gasteiger partial charge is 0.404 e. The van der Waals surface area contributed by atoms with E-state index in [0.717, 1.165) is 10.3 Å². The van der Waals surface area contributed by atoms with Crippen molar-refractivity contribution in [3.05, 3.63) is 69.9 Å². The second-order valence-corrected chi connectivity index (χ2v) is 4.77. The first-order valence-corrected chi connectivity index (χ1v) is 6.70. The van der Waals surface area contributed by atoms with Crippen LogP contribution in [0, 0.1) is 6.92 Å². The van der Waals surface area contributed by atoms with Gasteiger partial charge in [-0.1, -0.05) is 30.3 Å². The van der Waals surface area contributed by atoms with E-state index in [1.165, 1.54) is 12.4 Å². The normalized spacial score (nSPS) is 10.6. The van der Waals surface area contributed by atoms with Crippen molar-refractivity contribution in [1.82, 2.24) is 14.7 Å². The molecule has 0 atom stereocenters. The number of carbonyl (C=O) groups excluding carboxylic acids is 1. The van der Waals surface area contributed by atoms with Gasteiger partial charge in [-0.15, -0.1) is 4.73 Å². The Labute approximate surface area is 126 Å². The highest BCUT2D eigenvalue weighted by Gasteiger charge is 2.13. The molecule has 2 aromatic heterocycles. The summed E-state index contributed by atoms with van der Waals surface area (Å²) in [5.41, 5.74) is 1.65. The number of aldehydes is 1. The predicted octanol–water partition coefficient (Wildman–Crippen LogP) is 1.54. The van der Waals surface area contributed by atoms with Gasteiger partial charge < -0.3 is 4.84 Å². The van der Waals surface area contributed by atoms with Crippen LogP contribution in [0.15, 0.2) is 47.5 Å². The lowest BCUT2D eigenvalue weighted by molar-refractivity contribution is 0.0975. The number of hydrogen-bond donors (Lipinski definition) is 0. The fourth-order valence-corrected chi connectivity index (χ4v) is 2.25. The Morgan fingerprint density at radius 3 is 2.73 bits per heavy atom. The minimum Gasteiger partial charge on any atom is -0.404 e. The molecular weight excluding hydrogens is 282 g/mol.